The quantitative estimate of drug-likeness (QED) is 0.506. The third-order valence-corrected chi connectivity index (χ3v) is 5.50. The minimum absolute atomic E-state index is 0.184. The Morgan fingerprint density at radius 1 is 0.931 bits per heavy atom. The number of hydrogen-bond donors (Lipinski definition) is 1. The Morgan fingerprint density at radius 3 is 2.10 bits per heavy atom. The third-order valence-electron chi connectivity index (χ3n) is 5.50. The summed E-state index contributed by atoms with van der Waals surface area (Å²) in [6.07, 6.45) is 5.35. The highest BCUT2D eigenvalue weighted by Gasteiger charge is 2.22. The van der Waals surface area contributed by atoms with Crippen LogP contribution in [0.2, 0.25) is 0 Å². The molecule has 4 rings (SSSR count). The zero-order chi connectivity index (χ0) is 20.1. The van der Waals surface area contributed by atoms with E-state index in [1.807, 2.05) is 12.1 Å². The molecular formula is C26H25NO2. The molecule has 3 nitrogen and oxygen atoms in total. The van der Waals surface area contributed by atoms with Crippen molar-refractivity contribution in [3.8, 4) is 0 Å². The molecule has 0 saturated heterocycles. The van der Waals surface area contributed by atoms with Crippen molar-refractivity contribution in [1.82, 2.24) is 5.32 Å². The third kappa shape index (κ3) is 4.47. The summed E-state index contributed by atoms with van der Waals surface area (Å²) in [7, 11) is 1.38. The van der Waals surface area contributed by atoms with Gasteiger partial charge in [0.2, 0.25) is 0 Å². The summed E-state index contributed by atoms with van der Waals surface area (Å²) in [4.78, 5) is 11.2. The van der Waals surface area contributed by atoms with E-state index in [2.05, 4.69) is 70.7 Å². The molecule has 0 atom stereocenters. The number of rotatable bonds is 5. The number of nitrogens with one attached hydrogen (secondary N) is 1. The van der Waals surface area contributed by atoms with E-state index in [-0.39, 0.29) is 12.0 Å². The van der Waals surface area contributed by atoms with Crippen LogP contribution in [0.25, 0.3) is 6.08 Å². The second-order valence-electron chi connectivity index (χ2n) is 7.31. The minimum Gasteiger partial charge on any atom is -0.466 e. The first-order valence-electron chi connectivity index (χ1n) is 9.98. The summed E-state index contributed by atoms with van der Waals surface area (Å²) >= 11 is 0. The van der Waals surface area contributed by atoms with Crippen molar-refractivity contribution in [2.24, 2.45) is 0 Å². The van der Waals surface area contributed by atoms with Crippen LogP contribution in [0, 0.1) is 0 Å². The molecule has 1 aliphatic rings. The van der Waals surface area contributed by atoms with Crippen molar-refractivity contribution in [3.63, 3.8) is 0 Å². The van der Waals surface area contributed by atoms with Gasteiger partial charge >= 0.3 is 5.97 Å². The van der Waals surface area contributed by atoms with Gasteiger partial charge in [0.1, 0.15) is 0 Å². The van der Waals surface area contributed by atoms with E-state index in [0.29, 0.717) is 0 Å². The van der Waals surface area contributed by atoms with Gasteiger partial charge in [-0.05, 0) is 52.3 Å². The average molecular weight is 383 g/mol. The molecular weight excluding hydrogens is 358 g/mol. The van der Waals surface area contributed by atoms with Gasteiger partial charge in [-0.3, -0.25) is 0 Å². The Morgan fingerprint density at radius 2 is 1.52 bits per heavy atom. The van der Waals surface area contributed by atoms with Gasteiger partial charge in [-0.25, -0.2) is 4.79 Å². The largest absolute Gasteiger partial charge is 0.466 e. The van der Waals surface area contributed by atoms with Crippen molar-refractivity contribution in [3.05, 3.63) is 112 Å². The molecule has 29 heavy (non-hydrogen) atoms. The second-order valence-corrected chi connectivity index (χ2v) is 7.31. The number of ether oxygens (including phenoxy) is 1. The number of carbonyl (C=O) groups excluding carboxylic acids is 1. The van der Waals surface area contributed by atoms with E-state index in [9.17, 15) is 4.79 Å². The van der Waals surface area contributed by atoms with Crippen LogP contribution in [0.4, 0.5) is 0 Å². The summed E-state index contributed by atoms with van der Waals surface area (Å²) in [5, 5.41) is 3.78. The minimum atomic E-state index is -0.346. The average Bonchev–Trinajstić information content (AvgIpc) is 2.93. The van der Waals surface area contributed by atoms with Crippen LogP contribution in [-0.4, -0.2) is 13.1 Å². The lowest BCUT2D eigenvalue weighted by molar-refractivity contribution is -0.134. The fourth-order valence-electron chi connectivity index (χ4n) is 3.94. The van der Waals surface area contributed by atoms with Gasteiger partial charge < -0.3 is 10.1 Å². The highest BCUT2D eigenvalue weighted by Crippen LogP contribution is 2.32. The molecule has 0 spiro atoms. The van der Waals surface area contributed by atoms with E-state index in [1.54, 1.807) is 6.08 Å². The number of hydrogen-bond acceptors (Lipinski definition) is 3. The zero-order valence-corrected chi connectivity index (χ0v) is 16.6. The molecule has 0 aromatic heterocycles. The first-order valence-corrected chi connectivity index (χ1v) is 9.98. The van der Waals surface area contributed by atoms with Crippen LogP contribution < -0.4 is 5.32 Å². The molecule has 0 radical (unpaired) electrons. The topological polar surface area (TPSA) is 38.3 Å². The maximum atomic E-state index is 11.2. The predicted molar refractivity (Wildman–Crippen MR) is 116 cm³/mol. The van der Waals surface area contributed by atoms with Crippen LogP contribution in [0.3, 0.4) is 0 Å². The second kappa shape index (κ2) is 8.89. The smallest absolute Gasteiger partial charge is 0.330 e. The lowest BCUT2D eigenvalue weighted by Crippen LogP contribution is -2.23. The Hall–Kier alpha value is -3.17. The van der Waals surface area contributed by atoms with E-state index in [1.165, 1.54) is 41.0 Å². The van der Waals surface area contributed by atoms with Crippen molar-refractivity contribution in [1.29, 1.82) is 0 Å². The maximum absolute atomic E-state index is 11.2. The van der Waals surface area contributed by atoms with Crippen LogP contribution >= 0.6 is 0 Å². The van der Waals surface area contributed by atoms with E-state index in [4.69, 9.17) is 0 Å². The molecule has 3 aromatic rings. The fourth-order valence-corrected chi connectivity index (χ4v) is 3.94. The van der Waals surface area contributed by atoms with Gasteiger partial charge in [-0.2, -0.15) is 0 Å². The van der Waals surface area contributed by atoms with Crippen molar-refractivity contribution < 1.29 is 9.53 Å². The van der Waals surface area contributed by atoms with Crippen LogP contribution in [-0.2, 0) is 28.9 Å². The number of benzene rings is 3. The molecule has 1 N–H and O–H groups in total. The van der Waals surface area contributed by atoms with Crippen LogP contribution in [0.15, 0.2) is 78.9 Å². The Bertz CT molecular complexity index is 973. The van der Waals surface area contributed by atoms with E-state index < -0.39 is 0 Å². The Kier molecular flexibility index (Phi) is 5.87. The fraction of sp³-hybridized carbons (Fsp3) is 0.192. The SMILES string of the molecule is COC(=O)/C=C/c1ccc(CNC2c3ccccc3CCc3ccccc32)cc1. The molecule has 0 saturated carbocycles. The molecule has 0 heterocycles. The number of aryl methyl sites for hydroxylation is 2. The summed E-state index contributed by atoms with van der Waals surface area (Å²) in [5.41, 5.74) is 7.77. The molecule has 146 valence electrons. The van der Waals surface area contributed by atoms with Gasteiger partial charge in [0.15, 0.2) is 0 Å². The first-order chi connectivity index (χ1) is 14.2. The summed E-state index contributed by atoms with van der Waals surface area (Å²) in [6, 6.07) is 25.9. The molecule has 1 aliphatic carbocycles. The highest BCUT2D eigenvalue weighted by molar-refractivity contribution is 5.86. The standard InChI is InChI=1S/C26H25NO2/c1-29-25(28)17-14-19-10-12-20(13-11-19)18-27-26-23-8-4-2-6-21(23)15-16-22-7-3-5-9-24(22)26/h2-14,17,26-27H,15-16,18H2,1H3/b17-14+. The van der Waals surface area contributed by atoms with Crippen molar-refractivity contribution in [2.45, 2.75) is 25.4 Å². The number of carbonyl (C=O) groups is 1. The van der Waals surface area contributed by atoms with Gasteiger partial charge in [0, 0.05) is 12.6 Å². The van der Waals surface area contributed by atoms with Crippen molar-refractivity contribution >= 4 is 12.0 Å². The summed E-state index contributed by atoms with van der Waals surface area (Å²) in [5.74, 6) is -0.346. The van der Waals surface area contributed by atoms with E-state index in [0.717, 1.165) is 24.9 Å². The highest BCUT2D eigenvalue weighted by atomic mass is 16.5. The molecule has 0 aliphatic heterocycles. The molecule has 3 aromatic carbocycles. The maximum Gasteiger partial charge on any atom is 0.330 e. The van der Waals surface area contributed by atoms with Gasteiger partial charge in [0.05, 0.1) is 13.2 Å². The molecule has 0 fully saturated rings. The molecule has 0 amide bonds. The molecule has 3 heteroatoms. The summed E-state index contributed by atoms with van der Waals surface area (Å²) < 4.78 is 4.63. The predicted octanol–water partition coefficient (Wildman–Crippen LogP) is 4.85. The summed E-state index contributed by atoms with van der Waals surface area (Å²) in [6.45, 7) is 0.772. The first kappa shape index (κ1) is 19.2. The van der Waals surface area contributed by atoms with E-state index >= 15 is 0 Å². The Labute approximate surface area is 172 Å². The zero-order valence-electron chi connectivity index (χ0n) is 16.6. The number of fused-ring (bicyclic) bond motifs is 2. The van der Waals surface area contributed by atoms with Crippen LogP contribution in [0.1, 0.15) is 39.4 Å². The number of methoxy groups -OCH3 is 1. The van der Waals surface area contributed by atoms with Crippen molar-refractivity contribution in [2.75, 3.05) is 7.11 Å². The Balaban J connectivity index is 1.54. The normalized spacial score (nSPS) is 13.6. The van der Waals surface area contributed by atoms with Crippen LogP contribution in [0.5, 0.6) is 0 Å². The lowest BCUT2D eigenvalue weighted by Gasteiger charge is -2.22. The molecule has 0 unspecified atom stereocenters. The molecule has 0 bridgehead atoms. The van der Waals surface area contributed by atoms with Gasteiger partial charge in [-0.1, -0.05) is 72.8 Å². The van der Waals surface area contributed by atoms with Gasteiger partial charge in [-0.15, -0.1) is 0 Å². The number of esters is 1. The lowest BCUT2D eigenvalue weighted by atomic mass is 9.94. The monoisotopic (exact) mass is 383 g/mol. The van der Waals surface area contributed by atoms with Gasteiger partial charge in [0.25, 0.3) is 0 Å².